The summed E-state index contributed by atoms with van der Waals surface area (Å²) >= 11 is 0. The number of carbonyl (C=O) groups excluding carboxylic acids is 1. The zero-order valence-corrected chi connectivity index (χ0v) is 15.0. The highest BCUT2D eigenvalue weighted by atomic mass is 16.6. The standard InChI is InChI=1S/C19H27N3O3/c1-13-17(8-5-9-18(13)22(24)25)14(2)20-16-10-11-21(12-16)19(23)15-6-3-4-7-15/h5,8-9,14-16,20H,3-4,6-7,10-12H2,1-2H3/t14-,16+/m1/s1. The van der Waals surface area contributed by atoms with Crippen molar-refractivity contribution in [3.63, 3.8) is 0 Å². The molecule has 3 rings (SSSR count). The number of nitro groups is 1. The van der Waals surface area contributed by atoms with E-state index in [2.05, 4.69) is 5.32 Å². The van der Waals surface area contributed by atoms with Crippen LogP contribution in [0.2, 0.25) is 0 Å². The maximum Gasteiger partial charge on any atom is 0.272 e. The Labute approximate surface area is 148 Å². The molecule has 0 unspecified atom stereocenters. The zero-order chi connectivity index (χ0) is 18.0. The summed E-state index contributed by atoms with van der Waals surface area (Å²) < 4.78 is 0. The highest BCUT2D eigenvalue weighted by Gasteiger charge is 2.32. The lowest BCUT2D eigenvalue weighted by molar-refractivity contribution is -0.385. The van der Waals surface area contributed by atoms with Crippen molar-refractivity contribution in [1.29, 1.82) is 0 Å². The maximum atomic E-state index is 12.5. The number of nitro benzene ring substituents is 1. The van der Waals surface area contributed by atoms with Crippen LogP contribution in [0, 0.1) is 23.0 Å². The van der Waals surface area contributed by atoms with E-state index in [-0.39, 0.29) is 28.6 Å². The molecule has 2 aliphatic rings. The van der Waals surface area contributed by atoms with Crippen LogP contribution in [-0.2, 0) is 4.79 Å². The van der Waals surface area contributed by atoms with Crippen LogP contribution < -0.4 is 5.32 Å². The molecule has 2 atom stereocenters. The first-order valence-electron chi connectivity index (χ1n) is 9.26. The Balaban J connectivity index is 1.61. The van der Waals surface area contributed by atoms with Crippen molar-refractivity contribution in [1.82, 2.24) is 10.2 Å². The number of hydrogen-bond donors (Lipinski definition) is 1. The lowest BCUT2D eigenvalue weighted by atomic mass is 10.00. The van der Waals surface area contributed by atoms with Crippen LogP contribution in [0.25, 0.3) is 0 Å². The molecule has 6 heteroatoms. The molecule has 1 heterocycles. The van der Waals surface area contributed by atoms with E-state index in [1.54, 1.807) is 19.1 Å². The predicted octanol–water partition coefficient (Wildman–Crippen LogP) is 3.34. The monoisotopic (exact) mass is 345 g/mol. The number of nitrogens with zero attached hydrogens (tertiary/aromatic N) is 2. The van der Waals surface area contributed by atoms with Gasteiger partial charge in [-0.3, -0.25) is 14.9 Å². The topological polar surface area (TPSA) is 75.5 Å². The van der Waals surface area contributed by atoms with E-state index in [0.29, 0.717) is 11.5 Å². The molecule has 1 amide bonds. The van der Waals surface area contributed by atoms with Gasteiger partial charge in [0.25, 0.3) is 5.69 Å². The fourth-order valence-corrected chi connectivity index (χ4v) is 4.28. The number of likely N-dealkylation sites (tertiary alicyclic amines) is 1. The van der Waals surface area contributed by atoms with Gasteiger partial charge in [0.15, 0.2) is 0 Å². The van der Waals surface area contributed by atoms with Crippen LogP contribution in [0.5, 0.6) is 0 Å². The molecular weight excluding hydrogens is 318 g/mol. The number of hydrogen-bond acceptors (Lipinski definition) is 4. The Hall–Kier alpha value is -1.95. The first-order valence-corrected chi connectivity index (χ1v) is 9.26. The van der Waals surface area contributed by atoms with Gasteiger partial charge < -0.3 is 10.2 Å². The van der Waals surface area contributed by atoms with Gasteiger partial charge >= 0.3 is 0 Å². The molecular formula is C19H27N3O3. The van der Waals surface area contributed by atoms with E-state index >= 15 is 0 Å². The average molecular weight is 345 g/mol. The molecule has 0 aromatic heterocycles. The third-order valence-corrected chi connectivity index (χ3v) is 5.70. The minimum absolute atomic E-state index is 0.0198. The maximum absolute atomic E-state index is 12.5. The van der Waals surface area contributed by atoms with Crippen LogP contribution in [0.4, 0.5) is 5.69 Å². The number of carbonyl (C=O) groups is 1. The zero-order valence-electron chi connectivity index (χ0n) is 15.0. The van der Waals surface area contributed by atoms with Crippen LogP contribution in [0.3, 0.4) is 0 Å². The highest BCUT2D eigenvalue weighted by molar-refractivity contribution is 5.79. The summed E-state index contributed by atoms with van der Waals surface area (Å²) in [6.45, 7) is 5.39. The van der Waals surface area contributed by atoms with Crippen LogP contribution in [0.15, 0.2) is 18.2 Å². The Bertz CT molecular complexity index is 655. The van der Waals surface area contributed by atoms with E-state index < -0.39 is 0 Å². The van der Waals surface area contributed by atoms with Crippen molar-refractivity contribution in [2.24, 2.45) is 5.92 Å². The normalized spacial score (nSPS) is 22.3. The lowest BCUT2D eigenvalue weighted by Crippen LogP contribution is -2.38. The van der Waals surface area contributed by atoms with Gasteiger partial charge in [-0.25, -0.2) is 0 Å². The molecule has 0 spiro atoms. The Morgan fingerprint density at radius 1 is 1.32 bits per heavy atom. The van der Waals surface area contributed by atoms with E-state index in [1.807, 2.05) is 17.9 Å². The summed E-state index contributed by atoms with van der Waals surface area (Å²) in [4.78, 5) is 25.3. The first kappa shape index (κ1) is 17.9. The molecule has 1 saturated carbocycles. The summed E-state index contributed by atoms with van der Waals surface area (Å²) in [6.07, 6.45) is 5.37. The van der Waals surface area contributed by atoms with Crippen molar-refractivity contribution >= 4 is 11.6 Å². The second-order valence-electron chi connectivity index (χ2n) is 7.39. The number of rotatable bonds is 5. The Kier molecular flexibility index (Phi) is 5.37. The molecule has 0 bridgehead atoms. The summed E-state index contributed by atoms with van der Waals surface area (Å²) in [7, 11) is 0. The number of nitrogens with one attached hydrogen (secondary N) is 1. The van der Waals surface area contributed by atoms with E-state index in [0.717, 1.165) is 37.9 Å². The molecule has 1 aliphatic carbocycles. The quantitative estimate of drug-likeness (QED) is 0.656. The number of benzene rings is 1. The molecule has 25 heavy (non-hydrogen) atoms. The molecule has 1 saturated heterocycles. The lowest BCUT2D eigenvalue weighted by Gasteiger charge is -2.23. The van der Waals surface area contributed by atoms with Crippen LogP contribution >= 0.6 is 0 Å². The van der Waals surface area contributed by atoms with Crippen molar-refractivity contribution in [3.05, 3.63) is 39.4 Å². The summed E-state index contributed by atoms with van der Waals surface area (Å²) in [6, 6.07) is 5.49. The van der Waals surface area contributed by atoms with Crippen LogP contribution in [0.1, 0.15) is 56.2 Å². The van der Waals surface area contributed by atoms with Gasteiger partial charge in [0.05, 0.1) is 4.92 Å². The minimum Gasteiger partial charge on any atom is -0.341 e. The smallest absolute Gasteiger partial charge is 0.272 e. The van der Waals surface area contributed by atoms with Gasteiger partial charge in [-0.1, -0.05) is 25.0 Å². The minimum atomic E-state index is -0.330. The van der Waals surface area contributed by atoms with Gasteiger partial charge in [0, 0.05) is 42.7 Å². The number of amides is 1. The van der Waals surface area contributed by atoms with E-state index in [1.165, 1.54) is 12.8 Å². The highest BCUT2D eigenvalue weighted by Crippen LogP contribution is 2.29. The molecule has 1 aliphatic heterocycles. The summed E-state index contributed by atoms with van der Waals surface area (Å²) in [5.41, 5.74) is 1.83. The van der Waals surface area contributed by atoms with Gasteiger partial charge in [0.1, 0.15) is 0 Å². The molecule has 1 N–H and O–H groups in total. The third-order valence-electron chi connectivity index (χ3n) is 5.70. The molecule has 0 radical (unpaired) electrons. The molecule has 1 aromatic rings. The first-order chi connectivity index (χ1) is 12.0. The largest absolute Gasteiger partial charge is 0.341 e. The van der Waals surface area contributed by atoms with Gasteiger partial charge in [-0.2, -0.15) is 0 Å². The second-order valence-corrected chi connectivity index (χ2v) is 7.39. The second kappa shape index (κ2) is 7.52. The third kappa shape index (κ3) is 3.84. The molecule has 136 valence electrons. The van der Waals surface area contributed by atoms with E-state index in [9.17, 15) is 14.9 Å². The Morgan fingerprint density at radius 2 is 2.04 bits per heavy atom. The average Bonchev–Trinajstić information content (AvgIpc) is 3.26. The van der Waals surface area contributed by atoms with Crippen molar-refractivity contribution in [2.75, 3.05) is 13.1 Å². The van der Waals surface area contributed by atoms with Gasteiger partial charge in [-0.05, 0) is 38.7 Å². The molecule has 2 fully saturated rings. The molecule has 6 nitrogen and oxygen atoms in total. The van der Waals surface area contributed by atoms with Gasteiger partial charge in [-0.15, -0.1) is 0 Å². The van der Waals surface area contributed by atoms with Crippen molar-refractivity contribution < 1.29 is 9.72 Å². The predicted molar refractivity (Wildman–Crippen MR) is 96.3 cm³/mol. The van der Waals surface area contributed by atoms with Gasteiger partial charge in [0.2, 0.25) is 5.91 Å². The van der Waals surface area contributed by atoms with Crippen molar-refractivity contribution in [3.8, 4) is 0 Å². The Morgan fingerprint density at radius 3 is 2.72 bits per heavy atom. The molecule has 1 aromatic carbocycles. The summed E-state index contributed by atoms with van der Waals surface area (Å²) in [5, 5.41) is 14.7. The fraction of sp³-hybridized carbons (Fsp3) is 0.632. The van der Waals surface area contributed by atoms with Crippen molar-refractivity contribution in [2.45, 2.75) is 58.0 Å². The fourth-order valence-electron chi connectivity index (χ4n) is 4.28. The summed E-state index contributed by atoms with van der Waals surface area (Å²) in [5.74, 6) is 0.552. The van der Waals surface area contributed by atoms with E-state index in [4.69, 9.17) is 0 Å². The SMILES string of the molecule is Cc1c([C@@H](C)N[C@H]2CCN(C(=O)C3CCCC3)C2)cccc1[N+](=O)[O-]. The van der Waals surface area contributed by atoms with Crippen LogP contribution in [-0.4, -0.2) is 34.9 Å².